The average molecular weight is 265 g/mol. The molecule has 0 bridgehead atoms. The number of aliphatic hydroxyl groups is 1. The minimum Gasteiger partial charge on any atom is -0.489 e. The van der Waals surface area contributed by atoms with Gasteiger partial charge in [0.05, 0.1) is 6.61 Å². The van der Waals surface area contributed by atoms with E-state index in [0.29, 0.717) is 6.61 Å². The predicted molar refractivity (Wildman–Crippen MR) is 78.4 cm³/mol. The summed E-state index contributed by atoms with van der Waals surface area (Å²) in [6.45, 7) is 0.580. The van der Waals surface area contributed by atoms with Crippen LogP contribution in [0.15, 0.2) is 60.9 Å². The predicted octanol–water partition coefficient (Wildman–Crippen LogP) is 3.31. The average Bonchev–Trinajstić information content (AvgIpc) is 2.53. The Bertz CT molecular complexity index is 708. The van der Waals surface area contributed by atoms with Crippen molar-refractivity contribution in [3.05, 3.63) is 72.1 Å². The van der Waals surface area contributed by atoms with Gasteiger partial charge >= 0.3 is 0 Å². The van der Waals surface area contributed by atoms with Gasteiger partial charge in [-0.25, -0.2) is 0 Å². The molecule has 0 spiro atoms. The molecule has 0 radical (unpaired) electrons. The number of benzene rings is 2. The first kappa shape index (κ1) is 12.6. The third kappa shape index (κ3) is 2.78. The zero-order valence-electron chi connectivity index (χ0n) is 11.0. The standard InChI is InChI=1S/C17H15NO2/c19-11-13-1-3-14(4-2-13)12-20-17-6-5-15-7-8-18-10-16(15)9-17/h1-10,19H,11-12H2. The number of rotatable bonds is 4. The van der Waals surface area contributed by atoms with Gasteiger partial charge in [0, 0.05) is 17.8 Å². The monoisotopic (exact) mass is 265 g/mol. The van der Waals surface area contributed by atoms with Gasteiger partial charge in [0.25, 0.3) is 0 Å². The number of fused-ring (bicyclic) bond motifs is 1. The molecule has 0 saturated heterocycles. The molecule has 0 amide bonds. The molecule has 0 aliphatic heterocycles. The van der Waals surface area contributed by atoms with Crippen LogP contribution < -0.4 is 4.74 Å². The summed E-state index contributed by atoms with van der Waals surface area (Å²) in [7, 11) is 0. The molecule has 0 aliphatic rings. The minimum absolute atomic E-state index is 0.0683. The van der Waals surface area contributed by atoms with E-state index in [0.717, 1.165) is 27.6 Å². The fourth-order valence-corrected chi connectivity index (χ4v) is 2.06. The van der Waals surface area contributed by atoms with E-state index in [2.05, 4.69) is 4.98 Å². The third-order valence-electron chi connectivity index (χ3n) is 3.22. The minimum atomic E-state index is 0.0683. The van der Waals surface area contributed by atoms with E-state index < -0.39 is 0 Å². The zero-order chi connectivity index (χ0) is 13.8. The Morgan fingerprint density at radius 3 is 2.50 bits per heavy atom. The number of aromatic nitrogens is 1. The summed E-state index contributed by atoms with van der Waals surface area (Å²) >= 11 is 0. The molecule has 3 nitrogen and oxygen atoms in total. The van der Waals surface area contributed by atoms with Gasteiger partial charge in [-0.2, -0.15) is 0 Å². The van der Waals surface area contributed by atoms with E-state index in [4.69, 9.17) is 9.84 Å². The van der Waals surface area contributed by atoms with Gasteiger partial charge in [0.15, 0.2) is 0 Å². The summed E-state index contributed by atoms with van der Waals surface area (Å²) < 4.78 is 5.78. The van der Waals surface area contributed by atoms with E-state index in [-0.39, 0.29) is 6.61 Å². The lowest BCUT2D eigenvalue weighted by Crippen LogP contribution is -1.95. The molecule has 20 heavy (non-hydrogen) atoms. The first-order valence-electron chi connectivity index (χ1n) is 6.50. The molecule has 0 unspecified atom stereocenters. The lowest BCUT2D eigenvalue weighted by molar-refractivity contribution is 0.281. The van der Waals surface area contributed by atoms with Crippen LogP contribution in [0.2, 0.25) is 0 Å². The van der Waals surface area contributed by atoms with Crippen molar-refractivity contribution in [2.45, 2.75) is 13.2 Å². The molecule has 100 valence electrons. The van der Waals surface area contributed by atoms with Crippen molar-refractivity contribution in [3.8, 4) is 5.75 Å². The highest BCUT2D eigenvalue weighted by atomic mass is 16.5. The molecule has 2 aromatic carbocycles. The van der Waals surface area contributed by atoms with E-state index in [9.17, 15) is 0 Å². The molecular weight excluding hydrogens is 250 g/mol. The van der Waals surface area contributed by atoms with Crippen LogP contribution in [0, 0.1) is 0 Å². The summed E-state index contributed by atoms with van der Waals surface area (Å²) in [6.07, 6.45) is 3.61. The summed E-state index contributed by atoms with van der Waals surface area (Å²) in [5.41, 5.74) is 1.99. The lowest BCUT2D eigenvalue weighted by Gasteiger charge is -2.08. The first-order valence-corrected chi connectivity index (χ1v) is 6.50. The summed E-state index contributed by atoms with van der Waals surface area (Å²) in [6, 6.07) is 15.7. The Morgan fingerprint density at radius 1 is 0.900 bits per heavy atom. The number of pyridine rings is 1. The summed E-state index contributed by atoms with van der Waals surface area (Å²) in [4.78, 5) is 4.11. The van der Waals surface area contributed by atoms with Gasteiger partial charge in [-0.15, -0.1) is 0 Å². The number of nitrogens with zero attached hydrogens (tertiary/aromatic N) is 1. The summed E-state index contributed by atoms with van der Waals surface area (Å²) in [5, 5.41) is 11.2. The van der Waals surface area contributed by atoms with Gasteiger partial charge in [0.1, 0.15) is 12.4 Å². The van der Waals surface area contributed by atoms with E-state index in [1.807, 2.05) is 54.7 Å². The maximum atomic E-state index is 9.00. The molecule has 1 N–H and O–H groups in total. The highest BCUT2D eigenvalue weighted by Crippen LogP contribution is 2.20. The molecule has 1 heterocycles. The van der Waals surface area contributed by atoms with Crippen molar-refractivity contribution < 1.29 is 9.84 Å². The van der Waals surface area contributed by atoms with Crippen molar-refractivity contribution in [1.29, 1.82) is 0 Å². The Labute approximate surface area is 117 Å². The molecule has 3 heteroatoms. The lowest BCUT2D eigenvalue weighted by atomic mass is 10.1. The zero-order valence-corrected chi connectivity index (χ0v) is 11.0. The molecule has 3 rings (SSSR count). The van der Waals surface area contributed by atoms with Crippen LogP contribution in [0.4, 0.5) is 0 Å². The fraction of sp³-hybridized carbons (Fsp3) is 0.118. The molecule has 3 aromatic rings. The van der Waals surface area contributed by atoms with Crippen LogP contribution in [-0.2, 0) is 13.2 Å². The maximum Gasteiger partial charge on any atom is 0.120 e. The first-order chi connectivity index (χ1) is 9.85. The van der Waals surface area contributed by atoms with Crippen LogP contribution in [0.1, 0.15) is 11.1 Å². The molecule has 0 atom stereocenters. The second kappa shape index (κ2) is 5.72. The Morgan fingerprint density at radius 2 is 1.70 bits per heavy atom. The van der Waals surface area contributed by atoms with Gasteiger partial charge in [-0.05, 0) is 34.7 Å². The van der Waals surface area contributed by atoms with Crippen molar-refractivity contribution in [3.63, 3.8) is 0 Å². The Hall–Kier alpha value is -2.39. The van der Waals surface area contributed by atoms with Crippen molar-refractivity contribution in [2.75, 3.05) is 0 Å². The topological polar surface area (TPSA) is 42.4 Å². The number of ether oxygens (including phenoxy) is 1. The van der Waals surface area contributed by atoms with E-state index >= 15 is 0 Å². The Balaban J connectivity index is 1.72. The molecule has 0 aliphatic carbocycles. The molecule has 1 aromatic heterocycles. The van der Waals surface area contributed by atoms with Crippen LogP contribution in [-0.4, -0.2) is 10.1 Å². The van der Waals surface area contributed by atoms with Crippen LogP contribution in [0.25, 0.3) is 10.8 Å². The quantitative estimate of drug-likeness (QED) is 0.787. The highest BCUT2D eigenvalue weighted by Gasteiger charge is 1.99. The smallest absolute Gasteiger partial charge is 0.120 e. The van der Waals surface area contributed by atoms with Gasteiger partial charge in [-0.3, -0.25) is 4.98 Å². The largest absolute Gasteiger partial charge is 0.489 e. The SMILES string of the molecule is OCc1ccc(COc2ccc3ccncc3c2)cc1. The number of hydrogen-bond acceptors (Lipinski definition) is 3. The van der Waals surface area contributed by atoms with E-state index in [1.54, 1.807) is 6.20 Å². The number of hydrogen-bond donors (Lipinski definition) is 1. The van der Waals surface area contributed by atoms with Gasteiger partial charge in [0.2, 0.25) is 0 Å². The second-order valence-electron chi connectivity index (χ2n) is 4.65. The molecular formula is C17H15NO2. The van der Waals surface area contributed by atoms with Crippen molar-refractivity contribution in [1.82, 2.24) is 4.98 Å². The number of aliphatic hydroxyl groups excluding tert-OH is 1. The maximum absolute atomic E-state index is 9.00. The summed E-state index contributed by atoms with van der Waals surface area (Å²) in [5.74, 6) is 0.830. The normalized spacial score (nSPS) is 10.7. The molecule has 0 saturated carbocycles. The van der Waals surface area contributed by atoms with Crippen LogP contribution in [0.5, 0.6) is 5.75 Å². The van der Waals surface area contributed by atoms with E-state index in [1.165, 1.54) is 0 Å². The van der Waals surface area contributed by atoms with Crippen molar-refractivity contribution in [2.24, 2.45) is 0 Å². The van der Waals surface area contributed by atoms with Gasteiger partial charge in [-0.1, -0.05) is 30.3 Å². The van der Waals surface area contributed by atoms with Gasteiger partial charge < -0.3 is 9.84 Å². The fourth-order valence-electron chi connectivity index (χ4n) is 2.06. The highest BCUT2D eigenvalue weighted by molar-refractivity contribution is 5.82. The van der Waals surface area contributed by atoms with Crippen LogP contribution >= 0.6 is 0 Å². The van der Waals surface area contributed by atoms with Crippen molar-refractivity contribution >= 4 is 10.8 Å². The molecule has 0 fully saturated rings. The Kier molecular flexibility index (Phi) is 3.61. The second-order valence-corrected chi connectivity index (χ2v) is 4.65. The van der Waals surface area contributed by atoms with Crippen LogP contribution in [0.3, 0.4) is 0 Å². The third-order valence-corrected chi connectivity index (χ3v) is 3.22.